The molecule has 3 aromatic rings. The molecule has 0 saturated heterocycles. The van der Waals surface area contributed by atoms with E-state index in [1.54, 1.807) is 0 Å². The standard InChI is InChI=1S/C22H22N2O/c1-18-10-8-9-15-21(18)23-16-22(25)24(20-13-6-3-7-14-20)17-19-11-4-2-5-12-19/h2-15,23H,16-17H2,1H3. The van der Waals surface area contributed by atoms with Crippen molar-refractivity contribution in [3.63, 3.8) is 0 Å². The van der Waals surface area contributed by atoms with Crippen molar-refractivity contribution < 1.29 is 4.79 Å². The number of benzene rings is 3. The molecule has 0 aromatic heterocycles. The van der Waals surface area contributed by atoms with E-state index in [0.717, 1.165) is 22.5 Å². The molecule has 0 radical (unpaired) electrons. The first-order chi connectivity index (χ1) is 12.2. The van der Waals surface area contributed by atoms with E-state index in [9.17, 15) is 4.79 Å². The van der Waals surface area contributed by atoms with Gasteiger partial charge < -0.3 is 10.2 Å². The fraction of sp³-hybridized carbons (Fsp3) is 0.136. The summed E-state index contributed by atoms with van der Waals surface area (Å²) in [6.45, 7) is 2.84. The molecule has 0 bridgehead atoms. The van der Waals surface area contributed by atoms with Crippen molar-refractivity contribution in [1.82, 2.24) is 0 Å². The summed E-state index contributed by atoms with van der Waals surface area (Å²) < 4.78 is 0. The second kappa shape index (κ2) is 8.15. The highest BCUT2D eigenvalue weighted by Gasteiger charge is 2.16. The Morgan fingerprint density at radius 1 is 0.840 bits per heavy atom. The number of anilines is 2. The van der Waals surface area contributed by atoms with Gasteiger partial charge in [0.15, 0.2) is 0 Å². The van der Waals surface area contributed by atoms with Crippen molar-refractivity contribution in [2.45, 2.75) is 13.5 Å². The number of carbonyl (C=O) groups is 1. The van der Waals surface area contributed by atoms with Gasteiger partial charge in [-0.25, -0.2) is 0 Å². The SMILES string of the molecule is Cc1ccccc1NCC(=O)N(Cc1ccccc1)c1ccccc1. The Morgan fingerprint density at radius 3 is 2.12 bits per heavy atom. The van der Waals surface area contributed by atoms with E-state index in [0.29, 0.717) is 6.54 Å². The summed E-state index contributed by atoms with van der Waals surface area (Å²) in [6, 6.07) is 27.8. The van der Waals surface area contributed by atoms with Crippen molar-refractivity contribution in [1.29, 1.82) is 0 Å². The molecule has 0 spiro atoms. The van der Waals surface area contributed by atoms with Gasteiger partial charge in [-0.15, -0.1) is 0 Å². The molecule has 0 heterocycles. The van der Waals surface area contributed by atoms with Crippen LogP contribution < -0.4 is 10.2 Å². The Bertz CT molecular complexity index is 816. The number of carbonyl (C=O) groups excluding carboxylic acids is 1. The number of rotatable bonds is 6. The molecule has 0 atom stereocenters. The van der Waals surface area contributed by atoms with Crippen LogP contribution in [-0.4, -0.2) is 12.5 Å². The van der Waals surface area contributed by atoms with Crippen LogP contribution >= 0.6 is 0 Å². The molecule has 25 heavy (non-hydrogen) atoms. The second-order valence-electron chi connectivity index (χ2n) is 5.97. The number of aryl methyl sites for hydroxylation is 1. The van der Waals surface area contributed by atoms with Gasteiger partial charge in [-0.2, -0.15) is 0 Å². The minimum absolute atomic E-state index is 0.0401. The van der Waals surface area contributed by atoms with Gasteiger partial charge >= 0.3 is 0 Å². The predicted molar refractivity (Wildman–Crippen MR) is 104 cm³/mol. The number of nitrogens with zero attached hydrogens (tertiary/aromatic N) is 1. The lowest BCUT2D eigenvalue weighted by atomic mass is 10.2. The molecule has 0 unspecified atom stereocenters. The highest BCUT2D eigenvalue weighted by molar-refractivity contribution is 5.96. The lowest BCUT2D eigenvalue weighted by molar-refractivity contribution is -0.117. The largest absolute Gasteiger partial charge is 0.376 e. The number of hydrogen-bond acceptors (Lipinski definition) is 2. The molecule has 0 saturated carbocycles. The molecule has 0 aliphatic heterocycles. The Balaban J connectivity index is 1.76. The number of para-hydroxylation sites is 2. The molecule has 3 rings (SSSR count). The maximum Gasteiger partial charge on any atom is 0.246 e. The molecule has 0 aliphatic rings. The van der Waals surface area contributed by atoms with Crippen molar-refractivity contribution in [2.24, 2.45) is 0 Å². The maximum atomic E-state index is 12.9. The topological polar surface area (TPSA) is 32.3 Å². The van der Waals surface area contributed by atoms with Crippen LogP contribution in [-0.2, 0) is 11.3 Å². The Morgan fingerprint density at radius 2 is 1.44 bits per heavy atom. The first-order valence-corrected chi connectivity index (χ1v) is 8.43. The summed E-state index contributed by atoms with van der Waals surface area (Å²) in [6.07, 6.45) is 0. The van der Waals surface area contributed by atoms with Crippen LogP contribution in [0.5, 0.6) is 0 Å². The fourth-order valence-electron chi connectivity index (χ4n) is 2.73. The molecule has 3 aromatic carbocycles. The quantitative estimate of drug-likeness (QED) is 0.714. The van der Waals surface area contributed by atoms with E-state index in [1.165, 1.54) is 0 Å². The van der Waals surface area contributed by atoms with Crippen molar-refractivity contribution in [3.8, 4) is 0 Å². The van der Waals surface area contributed by atoms with Gasteiger partial charge in [-0.3, -0.25) is 4.79 Å². The third-order valence-corrected chi connectivity index (χ3v) is 4.13. The molecule has 0 fully saturated rings. The van der Waals surface area contributed by atoms with Crippen LogP contribution in [0, 0.1) is 6.92 Å². The van der Waals surface area contributed by atoms with Crippen LogP contribution in [0.25, 0.3) is 0 Å². The highest BCUT2D eigenvalue weighted by atomic mass is 16.2. The Hall–Kier alpha value is -3.07. The average molecular weight is 330 g/mol. The fourth-order valence-corrected chi connectivity index (χ4v) is 2.73. The lowest BCUT2D eigenvalue weighted by Crippen LogP contribution is -2.35. The molecule has 1 amide bonds. The predicted octanol–water partition coefficient (Wildman–Crippen LogP) is 4.64. The van der Waals surface area contributed by atoms with Crippen molar-refractivity contribution in [2.75, 3.05) is 16.8 Å². The molecular weight excluding hydrogens is 308 g/mol. The number of amides is 1. The number of nitrogens with one attached hydrogen (secondary N) is 1. The van der Waals surface area contributed by atoms with Gasteiger partial charge in [0, 0.05) is 11.4 Å². The lowest BCUT2D eigenvalue weighted by Gasteiger charge is -2.24. The van der Waals surface area contributed by atoms with E-state index >= 15 is 0 Å². The van der Waals surface area contributed by atoms with Gasteiger partial charge in [-0.1, -0.05) is 66.7 Å². The maximum absolute atomic E-state index is 12.9. The minimum Gasteiger partial charge on any atom is -0.376 e. The Kier molecular flexibility index (Phi) is 5.47. The zero-order chi connectivity index (χ0) is 17.5. The van der Waals surface area contributed by atoms with Crippen LogP contribution in [0.15, 0.2) is 84.9 Å². The highest BCUT2D eigenvalue weighted by Crippen LogP contribution is 2.18. The third-order valence-electron chi connectivity index (χ3n) is 4.13. The monoisotopic (exact) mass is 330 g/mol. The molecule has 3 nitrogen and oxygen atoms in total. The van der Waals surface area contributed by atoms with E-state index in [2.05, 4.69) is 5.32 Å². The second-order valence-corrected chi connectivity index (χ2v) is 5.97. The van der Waals surface area contributed by atoms with Crippen LogP contribution in [0.1, 0.15) is 11.1 Å². The molecule has 126 valence electrons. The molecular formula is C22H22N2O. The van der Waals surface area contributed by atoms with Gasteiger partial charge in [-0.05, 0) is 36.2 Å². The molecule has 1 N–H and O–H groups in total. The summed E-state index contributed by atoms with van der Waals surface area (Å²) in [5.41, 5.74) is 4.13. The molecule has 0 aliphatic carbocycles. The molecule has 3 heteroatoms. The number of hydrogen-bond donors (Lipinski definition) is 1. The first kappa shape index (κ1) is 16.8. The van der Waals surface area contributed by atoms with Crippen molar-refractivity contribution >= 4 is 17.3 Å². The van der Waals surface area contributed by atoms with E-state index < -0.39 is 0 Å². The smallest absolute Gasteiger partial charge is 0.246 e. The van der Waals surface area contributed by atoms with Gasteiger partial charge in [0.25, 0.3) is 0 Å². The first-order valence-electron chi connectivity index (χ1n) is 8.43. The van der Waals surface area contributed by atoms with Crippen LogP contribution in [0.3, 0.4) is 0 Å². The summed E-state index contributed by atoms with van der Waals surface area (Å²) in [4.78, 5) is 14.7. The zero-order valence-electron chi connectivity index (χ0n) is 14.4. The van der Waals surface area contributed by atoms with Gasteiger partial charge in [0.2, 0.25) is 5.91 Å². The van der Waals surface area contributed by atoms with Gasteiger partial charge in [0.05, 0.1) is 13.1 Å². The summed E-state index contributed by atoms with van der Waals surface area (Å²) >= 11 is 0. The van der Waals surface area contributed by atoms with Crippen molar-refractivity contribution in [3.05, 3.63) is 96.1 Å². The summed E-state index contributed by atoms with van der Waals surface area (Å²) in [5.74, 6) is 0.0401. The summed E-state index contributed by atoms with van der Waals surface area (Å²) in [7, 11) is 0. The van der Waals surface area contributed by atoms with Crippen LogP contribution in [0.4, 0.5) is 11.4 Å². The Labute approximate surface area is 148 Å². The van der Waals surface area contributed by atoms with E-state index in [1.807, 2.05) is 96.8 Å². The summed E-state index contributed by atoms with van der Waals surface area (Å²) in [5, 5.41) is 3.26. The normalized spacial score (nSPS) is 10.3. The average Bonchev–Trinajstić information content (AvgIpc) is 2.67. The van der Waals surface area contributed by atoms with Gasteiger partial charge in [0.1, 0.15) is 0 Å². The van der Waals surface area contributed by atoms with E-state index in [-0.39, 0.29) is 12.5 Å². The minimum atomic E-state index is 0.0401. The van der Waals surface area contributed by atoms with Crippen LogP contribution in [0.2, 0.25) is 0 Å². The zero-order valence-corrected chi connectivity index (χ0v) is 14.4. The third kappa shape index (κ3) is 4.48. The van der Waals surface area contributed by atoms with E-state index in [4.69, 9.17) is 0 Å².